The number of aromatic nitrogens is 2. The molecule has 1 saturated heterocycles. The van der Waals surface area contributed by atoms with Crippen molar-refractivity contribution in [3.63, 3.8) is 0 Å². The number of hydrogen-bond donors (Lipinski definition) is 2. The van der Waals surface area contributed by atoms with Gasteiger partial charge in [0.25, 0.3) is 0 Å². The van der Waals surface area contributed by atoms with E-state index >= 15 is 0 Å². The summed E-state index contributed by atoms with van der Waals surface area (Å²) < 4.78 is 11.2. The van der Waals surface area contributed by atoms with Crippen LogP contribution in [-0.4, -0.2) is 48.7 Å². The van der Waals surface area contributed by atoms with Gasteiger partial charge in [-0.05, 0) is 68.2 Å². The van der Waals surface area contributed by atoms with E-state index in [1.54, 1.807) is 19.2 Å². The number of nitrogens with zero attached hydrogens (tertiary/aromatic N) is 3. The lowest BCUT2D eigenvalue weighted by molar-refractivity contribution is 0.100. The molecule has 1 fully saturated rings. The molecule has 0 unspecified atom stereocenters. The number of carbonyl (C=O) groups is 1. The zero-order valence-corrected chi connectivity index (χ0v) is 19.7. The van der Waals surface area contributed by atoms with Gasteiger partial charge in [0, 0.05) is 36.1 Å². The fourth-order valence-corrected chi connectivity index (χ4v) is 4.21. The van der Waals surface area contributed by atoms with Gasteiger partial charge in [-0.3, -0.25) is 4.79 Å². The van der Waals surface area contributed by atoms with E-state index in [9.17, 15) is 4.79 Å². The van der Waals surface area contributed by atoms with E-state index in [0.717, 1.165) is 54.1 Å². The Bertz CT molecular complexity index is 1100. The van der Waals surface area contributed by atoms with Gasteiger partial charge < -0.3 is 25.4 Å². The normalized spacial score (nSPS) is 13.9. The molecule has 1 amide bonds. The molecule has 8 heteroatoms. The smallest absolute Gasteiger partial charge is 0.248 e. The van der Waals surface area contributed by atoms with Gasteiger partial charge in [0.15, 0.2) is 11.5 Å². The van der Waals surface area contributed by atoms with Crippen LogP contribution in [0.2, 0.25) is 0 Å². The van der Waals surface area contributed by atoms with Crippen molar-refractivity contribution in [3.8, 4) is 22.6 Å². The Balaban J connectivity index is 1.60. The average Bonchev–Trinajstić information content (AvgIpc) is 2.88. The number of rotatable bonds is 9. The minimum atomic E-state index is -0.443. The highest BCUT2D eigenvalue weighted by Gasteiger charge is 2.24. The number of primary amides is 1. The third-order valence-corrected chi connectivity index (χ3v) is 6.03. The Hall–Kier alpha value is -3.65. The van der Waals surface area contributed by atoms with Crippen LogP contribution in [0.5, 0.6) is 11.5 Å². The van der Waals surface area contributed by atoms with Gasteiger partial charge in [-0.2, -0.15) is 0 Å². The third-order valence-electron chi connectivity index (χ3n) is 6.03. The summed E-state index contributed by atoms with van der Waals surface area (Å²) in [6.07, 6.45) is 5.70. The summed E-state index contributed by atoms with van der Waals surface area (Å²) >= 11 is 0. The number of nitrogens with one attached hydrogen (secondary N) is 1. The maximum Gasteiger partial charge on any atom is 0.248 e. The Kier molecular flexibility index (Phi) is 7.59. The molecule has 3 aromatic rings. The molecular formula is C26H31N5O3. The second-order valence-electron chi connectivity index (χ2n) is 8.24. The molecule has 0 saturated carbocycles. The molecule has 1 aliphatic rings. The Morgan fingerprint density at radius 3 is 2.38 bits per heavy atom. The predicted molar refractivity (Wildman–Crippen MR) is 132 cm³/mol. The van der Waals surface area contributed by atoms with Gasteiger partial charge in [-0.1, -0.05) is 18.2 Å². The predicted octanol–water partition coefficient (Wildman–Crippen LogP) is 3.41. The van der Waals surface area contributed by atoms with E-state index in [1.165, 1.54) is 0 Å². The molecule has 0 aliphatic carbocycles. The fourth-order valence-electron chi connectivity index (χ4n) is 4.21. The first kappa shape index (κ1) is 23.5. The number of nitrogens with two attached hydrogens (primary N) is 1. The maximum atomic E-state index is 11.3. The number of benzene rings is 2. The summed E-state index contributed by atoms with van der Waals surface area (Å²) in [7, 11) is 1.65. The number of amides is 1. The Labute approximate surface area is 200 Å². The minimum absolute atomic E-state index is 0.333. The van der Waals surface area contributed by atoms with Gasteiger partial charge in [-0.25, -0.2) is 9.97 Å². The van der Waals surface area contributed by atoms with Crippen molar-refractivity contribution in [1.29, 1.82) is 0 Å². The molecule has 4 rings (SSSR count). The zero-order chi connectivity index (χ0) is 23.9. The van der Waals surface area contributed by atoms with Gasteiger partial charge >= 0.3 is 0 Å². The second-order valence-corrected chi connectivity index (χ2v) is 8.24. The summed E-state index contributed by atoms with van der Waals surface area (Å²) in [5, 5.41) is 3.43. The molecule has 0 spiro atoms. The van der Waals surface area contributed by atoms with E-state index < -0.39 is 5.91 Å². The van der Waals surface area contributed by atoms with E-state index in [2.05, 4.69) is 16.3 Å². The lowest BCUT2D eigenvalue weighted by Gasteiger charge is -2.35. The molecule has 2 heterocycles. The van der Waals surface area contributed by atoms with Crippen LogP contribution in [0.15, 0.2) is 54.9 Å². The standard InChI is InChI=1S/C26H31N5O3/c1-3-34-24-14-18(4-9-23(24)33-2)17-31(22-10-12-28-13-11-22)26-29-15-21(16-30-26)19-5-7-20(8-6-19)25(27)32/h4-9,14-16,22,28H,3,10-13,17H2,1-2H3,(H2,27,32). The highest BCUT2D eigenvalue weighted by atomic mass is 16.5. The first-order valence-corrected chi connectivity index (χ1v) is 11.6. The number of carbonyl (C=O) groups excluding carboxylic acids is 1. The van der Waals surface area contributed by atoms with E-state index in [0.29, 0.717) is 30.7 Å². The van der Waals surface area contributed by atoms with Gasteiger partial charge in [0.2, 0.25) is 11.9 Å². The molecule has 34 heavy (non-hydrogen) atoms. The highest BCUT2D eigenvalue weighted by molar-refractivity contribution is 5.93. The average molecular weight is 462 g/mol. The van der Waals surface area contributed by atoms with E-state index in [-0.39, 0.29) is 0 Å². The Morgan fingerprint density at radius 2 is 1.76 bits per heavy atom. The third kappa shape index (κ3) is 5.46. The van der Waals surface area contributed by atoms with Crippen LogP contribution in [0.4, 0.5) is 5.95 Å². The molecule has 8 nitrogen and oxygen atoms in total. The number of anilines is 1. The van der Waals surface area contributed by atoms with Crippen molar-refractivity contribution in [3.05, 3.63) is 66.0 Å². The molecule has 0 atom stereocenters. The molecule has 178 valence electrons. The minimum Gasteiger partial charge on any atom is -0.493 e. The van der Waals surface area contributed by atoms with Crippen LogP contribution in [0, 0.1) is 0 Å². The second kappa shape index (κ2) is 11.0. The fraction of sp³-hybridized carbons (Fsp3) is 0.346. The molecule has 3 N–H and O–H groups in total. The number of hydrogen-bond acceptors (Lipinski definition) is 7. The highest BCUT2D eigenvalue weighted by Crippen LogP contribution is 2.30. The lowest BCUT2D eigenvalue weighted by atomic mass is 10.0. The van der Waals surface area contributed by atoms with Crippen LogP contribution in [0.1, 0.15) is 35.7 Å². The van der Waals surface area contributed by atoms with Crippen LogP contribution in [0.3, 0.4) is 0 Å². The number of ether oxygens (including phenoxy) is 2. The molecule has 0 radical (unpaired) electrons. The number of piperidine rings is 1. The summed E-state index contributed by atoms with van der Waals surface area (Å²) in [5.41, 5.74) is 8.74. The first-order chi connectivity index (χ1) is 16.6. The van der Waals surface area contributed by atoms with E-state index in [4.69, 9.17) is 25.2 Å². The van der Waals surface area contributed by atoms with Crippen molar-refractivity contribution < 1.29 is 14.3 Å². The summed E-state index contributed by atoms with van der Waals surface area (Å²) in [6, 6.07) is 13.5. The van der Waals surface area contributed by atoms with Crippen LogP contribution in [0.25, 0.3) is 11.1 Å². The molecule has 1 aliphatic heterocycles. The number of methoxy groups -OCH3 is 1. The maximum absolute atomic E-state index is 11.3. The summed E-state index contributed by atoms with van der Waals surface area (Å²) in [6.45, 7) is 5.14. The van der Waals surface area contributed by atoms with E-state index in [1.807, 2.05) is 43.6 Å². The van der Waals surface area contributed by atoms with Crippen LogP contribution in [-0.2, 0) is 6.54 Å². The van der Waals surface area contributed by atoms with Crippen molar-refractivity contribution in [2.45, 2.75) is 32.4 Å². The quantitative estimate of drug-likeness (QED) is 0.503. The van der Waals surface area contributed by atoms with Crippen molar-refractivity contribution >= 4 is 11.9 Å². The largest absolute Gasteiger partial charge is 0.493 e. The summed E-state index contributed by atoms with van der Waals surface area (Å²) in [5.74, 6) is 1.71. The molecular weight excluding hydrogens is 430 g/mol. The topological polar surface area (TPSA) is 103 Å². The zero-order valence-electron chi connectivity index (χ0n) is 19.7. The first-order valence-electron chi connectivity index (χ1n) is 11.6. The van der Waals surface area contributed by atoms with Crippen LogP contribution >= 0.6 is 0 Å². The van der Waals surface area contributed by atoms with Crippen molar-refractivity contribution in [2.75, 3.05) is 31.7 Å². The van der Waals surface area contributed by atoms with Crippen molar-refractivity contribution in [2.24, 2.45) is 5.73 Å². The van der Waals surface area contributed by atoms with Gasteiger partial charge in [0.1, 0.15) is 0 Å². The molecule has 0 bridgehead atoms. The SMILES string of the molecule is CCOc1cc(CN(c2ncc(-c3ccc(C(N)=O)cc3)cn2)C2CCNCC2)ccc1OC. The van der Waals surface area contributed by atoms with Crippen LogP contribution < -0.4 is 25.4 Å². The summed E-state index contributed by atoms with van der Waals surface area (Å²) in [4.78, 5) is 23.1. The van der Waals surface area contributed by atoms with Gasteiger partial charge in [-0.15, -0.1) is 0 Å². The van der Waals surface area contributed by atoms with Gasteiger partial charge in [0.05, 0.1) is 13.7 Å². The molecule has 1 aromatic heterocycles. The Morgan fingerprint density at radius 1 is 1.06 bits per heavy atom. The monoisotopic (exact) mass is 461 g/mol. The van der Waals surface area contributed by atoms with Crippen molar-refractivity contribution in [1.82, 2.24) is 15.3 Å². The molecule has 2 aromatic carbocycles. The lowest BCUT2D eigenvalue weighted by Crippen LogP contribution is -2.43.